The van der Waals surface area contributed by atoms with Crippen LogP contribution in [0.25, 0.3) is 10.8 Å². The highest BCUT2D eigenvalue weighted by Gasteiger charge is 2.08. The van der Waals surface area contributed by atoms with Gasteiger partial charge in [0.2, 0.25) is 0 Å². The first-order chi connectivity index (χ1) is 9.36. The molecule has 2 heteroatoms. The number of ether oxygens (including phenoxy) is 1. The second-order valence-corrected chi connectivity index (χ2v) is 4.68. The second-order valence-electron chi connectivity index (χ2n) is 4.68. The van der Waals surface area contributed by atoms with Gasteiger partial charge in [-0.25, -0.2) is 0 Å². The minimum absolute atomic E-state index is 0.207. The van der Waals surface area contributed by atoms with Crippen molar-refractivity contribution >= 4 is 16.5 Å². The predicted octanol–water partition coefficient (Wildman–Crippen LogP) is 4.11. The molecule has 96 valence electrons. The molecule has 3 rings (SSSR count). The lowest BCUT2D eigenvalue weighted by Gasteiger charge is -2.17. The highest BCUT2D eigenvalue weighted by Crippen LogP contribution is 2.25. The first kappa shape index (κ1) is 12.0. The lowest BCUT2D eigenvalue weighted by atomic mass is 10.1. The average molecular weight is 251 g/mol. The summed E-state index contributed by atoms with van der Waals surface area (Å²) in [6.07, 6.45) is 7.47. The van der Waals surface area contributed by atoms with Crippen LogP contribution >= 0.6 is 0 Å². The molecule has 0 heterocycles. The van der Waals surface area contributed by atoms with Gasteiger partial charge in [-0.1, -0.05) is 48.6 Å². The van der Waals surface area contributed by atoms with Crippen LogP contribution in [0.3, 0.4) is 0 Å². The highest BCUT2D eigenvalue weighted by molar-refractivity contribution is 5.94. The highest BCUT2D eigenvalue weighted by atomic mass is 16.5. The number of rotatable bonds is 3. The van der Waals surface area contributed by atoms with Crippen LogP contribution in [0.2, 0.25) is 0 Å². The van der Waals surface area contributed by atoms with E-state index in [0.29, 0.717) is 0 Å². The number of hydrogen-bond acceptors (Lipinski definition) is 2. The molecule has 0 saturated carbocycles. The Labute approximate surface area is 113 Å². The van der Waals surface area contributed by atoms with Gasteiger partial charge in [-0.2, -0.15) is 0 Å². The Hall–Kier alpha value is -2.06. The smallest absolute Gasteiger partial charge is 0.0791 e. The molecule has 0 spiro atoms. The van der Waals surface area contributed by atoms with E-state index < -0.39 is 0 Å². The van der Waals surface area contributed by atoms with Crippen molar-refractivity contribution in [2.75, 3.05) is 12.4 Å². The van der Waals surface area contributed by atoms with Gasteiger partial charge in [0.25, 0.3) is 0 Å². The SMILES string of the molecule is COC1C=CC(Nc2cccc3ccccc23)=CC1. The average Bonchev–Trinajstić information content (AvgIpc) is 2.48. The summed E-state index contributed by atoms with van der Waals surface area (Å²) >= 11 is 0. The molecule has 0 radical (unpaired) electrons. The van der Waals surface area contributed by atoms with Gasteiger partial charge in [-0.05, 0) is 23.9 Å². The topological polar surface area (TPSA) is 21.3 Å². The molecule has 0 amide bonds. The van der Waals surface area contributed by atoms with E-state index in [1.807, 2.05) is 0 Å². The van der Waals surface area contributed by atoms with Crippen LogP contribution in [-0.2, 0) is 4.74 Å². The molecule has 2 aromatic rings. The van der Waals surface area contributed by atoms with Gasteiger partial charge in [-0.15, -0.1) is 0 Å². The third kappa shape index (κ3) is 2.54. The summed E-state index contributed by atoms with van der Waals surface area (Å²) in [6, 6.07) is 14.7. The van der Waals surface area contributed by atoms with Gasteiger partial charge in [0.1, 0.15) is 0 Å². The number of anilines is 1. The van der Waals surface area contributed by atoms with Crippen LogP contribution in [0.4, 0.5) is 5.69 Å². The van der Waals surface area contributed by atoms with E-state index in [0.717, 1.165) is 17.8 Å². The van der Waals surface area contributed by atoms with E-state index >= 15 is 0 Å². The van der Waals surface area contributed by atoms with Crippen molar-refractivity contribution in [1.82, 2.24) is 0 Å². The maximum atomic E-state index is 5.30. The van der Waals surface area contributed by atoms with Crippen LogP contribution < -0.4 is 5.32 Å². The van der Waals surface area contributed by atoms with Crippen molar-refractivity contribution in [3.63, 3.8) is 0 Å². The number of nitrogens with one attached hydrogen (secondary N) is 1. The van der Waals surface area contributed by atoms with E-state index in [1.54, 1.807) is 7.11 Å². The second kappa shape index (κ2) is 5.29. The van der Waals surface area contributed by atoms with Crippen LogP contribution in [0.15, 0.2) is 66.4 Å². The molecule has 2 nitrogen and oxygen atoms in total. The standard InChI is InChI=1S/C17H17NO/c1-19-15-11-9-14(10-12-15)18-17-8-4-6-13-5-2-3-7-16(13)17/h2-11,15,18H,12H2,1H3. The summed E-state index contributed by atoms with van der Waals surface area (Å²) in [5, 5.41) is 5.98. The fourth-order valence-corrected chi connectivity index (χ4v) is 2.36. The van der Waals surface area contributed by atoms with Crippen molar-refractivity contribution in [1.29, 1.82) is 0 Å². The van der Waals surface area contributed by atoms with Gasteiger partial charge in [0, 0.05) is 23.9 Å². The van der Waals surface area contributed by atoms with Crippen molar-refractivity contribution in [3.05, 3.63) is 66.4 Å². The minimum atomic E-state index is 0.207. The Bertz CT molecular complexity index is 637. The van der Waals surface area contributed by atoms with Crippen LogP contribution in [-0.4, -0.2) is 13.2 Å². The van der Waals surface area contributed by atoms with Crippen LogP contribution in [0.5, 0.6) is 0 Å². The zero-order valence-corrected chi connectivity index (χ0v) is 11.0. The molecule has 2 aromatic carbocycles. The van der Waals surface area contributed by atoms with Crippen molar-refractivity contribution in [2.45, 2.75) is 12.5 Å². The lowest BCUT2D eigenvalue weighted by Crippen LogP contribution is -2.11. The zero-order valence-electron chi connectivity index (χ0n) is 11.0. The van der Waals surface area contributed by atoms with E-state index in [-0.39, 0.29) is 6.10 Å². The molecule has 1 unspecified atom stereocenters. The van der Waals surface area contributed by atoms with E-state index in [4.69, 9.17) is 4.74 Å². The Morgan fingerprint density at radius 3 is 2.74 bits per heavy atom. The van der Waals surface area contributed by atoms with Crippen LogP contribution in [0, 0.1) is 0 Å². The Morgan fingerprint density at radius 1 is 1.11 bits per heavy atom. The Kier molecular flexibility index (Phi) is 3.34. The molecule has 0 bridgehead atoms. The number of methoxy groups -OCH3 is 1. The fraction of sp³-hybridized carbons (Fsp3) is 0.176. The number of fused-ring (bicyclic) bond motifs is 1. The van der Waals surface area contributed by atoms with Crippen molar-refractivity contribution < 1.29 is 4.74 Å². The van der Waals surface area contributed by atoms with Gasteiger partial charge in [-0.3, -0.25) is 0 Å². The monoisotopic (exact) mass is 251 g/mol. The summed E-state index contributed by atoms with van der Waals surface area (Å²) in [6.45, 7) is 0. The number of benzene rings is 2. The summed E-state index contributed by atoms with van der Waals surface area (Å²) in [4.78, 5) is 0. The molecule has 0 aromatic heterocycles. The maximum absolute atomic E-state index is 5.30. The van der Waals surface area contributed by atoms with E-state index in [1.165, 1.54) is 10.8 Å². The van der Waals surface area contributed by atoms with E-state index in [9.17, 15) is 0 Å². The molecule has 1 atom stereocenters. The third-order valence-electron chi connectivity index (χ3n) is 3.43. The molecule has 0 saturated heterocycles. The van der Waals surface area contributed by atoms with Gasteiger partial charge in [0.15, 0.2) is 0 Å². The normalized spacial score (nSPS) is 18.4. The van der Waals surface area contributed by atoms with Crippen molar-refractivity contribution in [2.24, 2.45) is 0 Å². The quantitative estimate of drug-likeness (QED) is 0.886. The predicted molar refractivity (Wildman–Crippen MR) is 80.2 cm³/mol. The Balaban J connectivity index is 1.87. The molecular formula is C17H17NO. The van der Waals surface area contributed by atoms with Gasteiger partial charge < -0.3 is 10.1 Å². The fourth-order valence-electron chi connectivity index (χ4n) is 2.36. The molecule has 1 aliphatic carbocycles. The molecule has 0 aliphatic heterocycles. The summed E-state index contributed by atoms with van der Waals surface area (Å²) in [5.74, 6) is 0. The number of allylic oxidation sites excluding steroid dienone is 1. The number of hydrogen-bond donors (Lipinski definition) is 1. The molecule has 0 fully saturated rings. The summed E-state index contributed by atoms with van der Waals surface area (Å²) in [5.41, 5.74) is 2.27. The summed E-state index contributed by atoms with van der Waals surface area (Å²) in [7, 11) is 1.74. The largest absolute Gasteiger partial charge is 0.377 e. The molecule has 1 aliphatic rings. The van der Waals surface area contributed by atoms with Crippen molar-refractivity contribution in [3.8, 4) is 0 Å². The molecule has 1 N–H and O–H groups in total. The summed E-state index contributed by atoms with van der Waals surface area (Å²) < 4.78 is 5.30. The third-order valence-corrected chi connectivity index (χ3v) is 3.43. The van der Waals surface area contributed by atoms with Gasteiger partial charge in [0.05, 0.1) is 6.10 Å². The minimum Gasteiger partial charge on any atom is -0.377 e. The zero-order chi connectivity index (χ0) is 13.1. The Morgan fingerprint density at radius 2 is 1.95 bits per heavy atom. The first-order valence-corrected chi connectivity index (χ1v) is 6.53. The maximum Gasteiger partial charge on any atom is 0.0791 e. The first-order valence-electron chi connectivity index (χ1n) is 6.53. The van der Waals surface area contributed by atoms with Gasteiger partial charge >= 0.3 is 0 Å². The van der Waals surface area contributed by atoms with Crippen LogP contribution in [0.1, 0.15) is 6.42 Å². The lowest BCUT2D eigenvalue weighted by molar-refractivity contribution is 0.142. The molecular weight excluding hydrogens is 234 g/mol. The molecule has 19 heavy (non-hydrogen) atoms. The van der Waals surface area contributed by atoms with E-state index in [2.05, 4.69) is 66.0 Å².